The third kappa shape index (κ3) is 3.61. The maximum atomic E-state index is 13.4. The quantitative estimate of drug-likeness (QED) is 0.510. The van der Waals surface area contributed by atoms with Crippen molar-refractivity contribution in [2.75, 3.05) is 6.54 Å². The van der Waals surface area contributed by atoms with Gasteiger partial charge in [-0.05, 0) is 13.0 Å². The largest absolute Gasteiger partial charge is 0.361 e. The second kappa shape index (κ2) is 7.46. The molecule has 0 saturated heterocycles. The van der Waals surface area contributed by atoms with Crippen molar-refractivity contribution in [1.29, 1.82) is 0 Å². The summed E-state index contributed by atoms with van der Waals surface area (Å²) < 4.78 is 7.24. The molecule has 3 aromatic rings. The Hall–Kier alpha value is -3.39. The molecule has 0 saturated carbocycles. The Morgan fingerprint density at radius 3 is 2.70 bits per heavy atom. The van der Waals surface area contributed by atoms with E-state index in [1.165, 1.54) is 6.07 Å². The molecule has 2 N–H and O–H groups in total. The van der Waals surface area contributed by atoms with E-state index in [4.69, 9.17) is 9.73 Å². The maximum Gasteiger partial charge on any atom is 0.276 e. The van der Waals surface area contributed by atoms with Crippen LogP contribution >= 0.6 is 0 Å². The molecule has 0 fully saturated rings. The highest BCUT2D eigenvalue weighted by molar-refractivity contribution is 5.99. The van der Waals surface area contributed by atoms with Crippen LogP contribution < -0.4 is 5.48 Å². The van der Waals surface area contributed by atoms with Crippen LogP contribution in [-0.4, -0.2) is 38.2 Å². The molecule has 0 unspecified atom stereocenters. The van der Waals surface area contributed by atoms with Crippen LogP contribution in [0.5, 0.6) is 0 Å². The number of amides is 2. The average molecular weight is 408 g/mol. The van der Waals surface area contributed by atoms with Crippen molar-refractivity contribution in [2.45, 2.75) is 33.9 Å². The second-order valence-electron chi connectivity index (χ2n) is 8.44. The molecule has 1 aromatic carbocycles. The number of hydrogen-bond acceptors (Lipinski definition) is 5. The second-order valence-corrected chi connectivity index (χ2v) is 8.44. The van der Waals surface area contributed by atoms with E-state index in [1.54, 1.807) is 21.1 Å². The Balaban J connectivity index is 1.72. The molecule has 8 heteroatoms. The molecule has 4 rings (SSSR count). The number of benzene rings is 1. The first-order valence-corrected chi connectivity index (χ1v) is 9.73. The molecular weight excluding hydrogens is 384 g/mol. The zero-order valence-corrected chi connectivity index (χ0v) is 17.2. The SMILES string of the molecule is Cc1onc(-c2ccccc2)c1CN1CC(C)(C)Cn2cc(C(=O)NO)cc2C1=O. The van der Waals surface area contributed by atoms with Crippen molar-refractivity contribution in [3.8, 4) is 11.3 Å². The predicted octanol–water partition coefficient (Wildman–Crippen LogP) is 3.25. The minimum Gasteiger partial charge on any atom is -0.361 e. The van der Waals surface area contributed by atoms with Crippen molar-refractivity contribution in [2.24, 2.45) is 5.41 Å². The van der Waals surface area contributed by atoms with Crippen molar-refractivity contribution in [1.82, 2.24) is 20.1 Å². The van der Waals surface area contributed by atoms with Gasteiger partial charge in [-0.1, -0.05) is 49.3 Å². The number of carbonyl (C=O) groups excluding carboxylic acids is 2. The Morgan fingerprint density at radius 1 is 1.27 bits per heavy atom. The third-order valence-electron chi connectivity index (χ3n) is 5.36. The summed E-state index contributed by atoms with van der Waals surface area (Å²) in [5, 5.41) is 13.2. The van der Waals surface area contributed by atoms with Crippen LogP contribution in [0, 0.1) is 12.3 Å². The third-order valence-corrected chi connectivity index (χ3v) is 5.36. The Kier molecular flexibility index (Phi) is 4.95. The van der Waals surface area contributed by atoms with Crippen LogP contribution in [0.25, 0.3) is 11.3 Å². The lowest BCUT2D eigenvalue weighted by molar-refractivity contribution is 0.0687. The summed E-state index contributed by atoms with van der Waals surface area (Å²) in [6.07, 6.45) is 1.60. The van der Waals surface area contributed by atoms with Gasteiger partial charge < -0.3 is 14.0 Å². The number of hydroxylamine groups is 1. The summed E-state index contributed by atoms with van der Waals surface area (Å²) in [5.41, 5.74) is 4.55. The molecule has 3 heterocycles. The Labute approximate surface area is 174 Å². The molecule has 0 radical (unpaired) electrons. The van der Waals surface area contributed by atoms with Gasteiger partial charge in [0, 0.05) is 35.8 Å². The van der Waals surface area contributed by atoms with Crippen molar-refractivity contribution in [3.05, 3.63) is 65.2 Å². The van der Waals surface area contributed by atoms with Gasteiger partial charge in [0.05, 0.1) is 12.1 Å². The molecule has 0 spiro atoms. The molecule has 8 nitrogen and oxygen atoms in total. The predicted molar refractivity (Wildman–Crippen MR) is 109 cm³/mol. The Bertz CT molecular complexity index is 1100. The molecule has 2 amide bonds. The monoisotopic (exact) mass is 408 g/mol. The van der Waals surface area contributed by atoms with Crippen LogP contribution in [0.3, 0.4) is 0 Å². The summed E-state index contributed by atoms with van der Waals surface area (Å²) in [5.74, 6) is -0.161. The average Bonchev–Trinajstić information content (AvgIpc) is 3.28. The fourth-order valence-electron chi connectivity index (χ4n) is 3.99. The molecule has 156 valence electrons. The summed E-state index contributed by atoms with van der Waals surface area (Å²) in [6.45, 7) is 7.44. The van der Waals surface area contributed by atoms with Gasteiger partial charge in [0.25, 0.3) is 11.8 Å². The van der Waals surface area contributed by atoms with Gasteiger partial charge in [0.1, 0.15) is 17.1 Å². The molecule has 1 aliphatic rings. The molecular formula is C22H24N4O4. The van der Waals surface area contributed by atoms with Crippen LogP contribution in [0.15, 0.2) is 47.1 Å². The fourth-order valence-corrected chi connectivity index (χ4v) is 3.99. The lowest BCUT2D eigenvalue weighted by Crippen LogP contribution is -2.37. The number of aryl methyl sites for hydroxylation is 1. The number of rotatable bonds is 4. The number of aromatic nitrogens is 2. The van der Waals surface area contributed by atoms with Crippen molar-refractivity contribution < 1.29 is 19.3 Å². The highest BCUT2D eigenvalue weighted by atomic mass is 16.5. The summed E-state index contributed by atoms with van der Waals surface area (Å²) in [7, 11) is 0. The van der Waals surface area contributed by atoms with Crippen LogP contribution in [0.1, 0.15) is 46.0 Å². The van der Waals surface area contributed by atoms with Crippen LogP contribution in [-0.2, 0) is 13.1 Å². The van der Waals surface area contributed by atoms with E-state index in [0.717, 1.165) is 16.8 Å². The van der Waals surface area contributed by atoms with Crippen molar-refractivity contribution >= 4 is 11.8 Å². The van der Waals surface area contributed by atoms with Gasteiger partial charge in [-0.3, -0.25) is 14.8 Å². The molecule has 0 atom stereocenters. The van der Waals surface area contributed by atoms with Crippen LogP contribution in [0.2, 0.25) is 0 Å². The van der Waals surface area contributed by atoms with E-state index < -0.39 is 5.91 Å². The minimum atomic E-state index is -0.644. The fraction of sp³-hybridized carbons (Fsp3) is 0.318. The van der Waals surface area contributed by atoms with E-state index in [1.807, 2.05) is 37.3 Å². The highest BCUT2D eigenvalue weighted by Gasteiger charge is 2.34. The van der Waals surface area contributed by atoms with E-state index >= 15 is 0 Å². The Morgan fingerprint density at radius 2 is 2.00 bits per heavy atom. The smallest absolute Gasteiger partial charge is 0.276 e. The lowest BCUT2D eigenvalue weighted by Gasteiger charge is -2.29. The maximum absolute atomic E-state index is 13.4. The van der Waals surface area contributed by atoms with Gasteiger partial charge in [0.2, 0.25) is 0 Å². The molecule has 2 aromatic heterocycles. The molecule has 0 bridgehead atoms. The molecule has 1 aliphatic heterocycles. The van der Waals surface area contributed by atoms with Gasteiger partial charge in [-0.15, -0.1) is 0 Å². The first kappa shape index (κ1) is 19.9. The first-order valence-electron chi connectivity index (χ1n) is 9.73. The van der Waals surface area contributed by atoms with Crippen molar-refractivity contribution in [3.63, 3.8) is 0 Å². The number of fused-ring (bicyclic) bond motifs is 1. The standard InChI is InChI=1S/C22H24N4O4/c1-14-17(19(24-30-14)15-7-5-4-6-8-15)11-26-13-22(2,3)12-25-10-16(20(27)23-29)9-18(25)21(26)28/h4-10,29H,11-13H2,1-3H3,(H,23,27). The number of nitrogens with one attached hydrogen (secondary N) is 1. The summed E-state index contributed by atoms with van der Waals surface area (Å²) in [6, 6.07) is 11.2. The molecule has 30 heavy (non-hydrogen) atoms. The normalized spacial score (nSPS) is 15.6. The van der Waals surface area contributed by atoms with Gasteiger partial charge >= 0.3 is 0 Å². The van der Waals surface area contributed by atoms with E-state index in [9.17, 15) is 9.59 Å². The lowest BCUT2D eigenvalue weighted by atomic mass is 9.92. The van der Waals surface area contributed by atoms with E-state index in [0.29, 0.717) is 31.1 Å². The summed E-state index contributed by atoms with van der Waals surface area (Å²) in [4.78, 5) is 27.0. The van der Waals surface area contributed by atoms with E-state index in [-0.39, 0.29) is 16.9 Å². The van der Waals surface area contributed by atoms with Gasteiger partial charge in [0.15, 0.2) is 0 Å². The zero-order chi connectivity index (χ0) is 21.5. The zero-order valence-electron chi connectivity index (χ0n) is 17.2. The number of carbonyl (C=O) groups is 2. The van der Waals surface area contributed by atoms with Crippen LogP contribution in [0.4, 0.5) is 0 Å². The van der Waals surface area contributed by atoms with E-state index in [2.05, 4.69) is 19.0 Å². The van der Waals surface area contributed by atoms with Gasteiger partial charge in [-0.25, -0.2) is 5.48 Å². The number of nitrogens with zero attached hydrogens (tertiary/aromatic N) is 3. The summed E-state index contributed by atoms with van der Waals surface area (Å²) >= 11 is 0. The molecule has 0 aliphatic carbocycles. The topological polar surface area (TPSA) is 101 Å². The number of hydrogen-bond donors (Lipinski definition) is 2. The van der Waals surface area contributed by atoms with Gasteiger partial charge in [-0.2, -0.15) is 0 Å². The minimum absolute atomic E-state index is 0.183. The highest BCUT2D eigenvalue weighted by Crippen LogP contribution is 2.31. The first-order chi connectivity index (χ1) is 14.3.